The monoisotopic (exact) mass is 251 g/mol. The molecule has 5 heteroatoms. The molecule has 18 heavy (non-hydrogen) atoms. The van der Waals surface area contributed by atoms with E-state index >= 15 is 0 Å². The molecule has 1 aliphatic carbocycles. The fraction of sp³-hybridized carbons (Fsp3) is 0.769. The molecule has 0 aliphatic heterocycles. The summed E-state index contributed by atoms with van der Waals surface area (Å²) in [5.74, 6) is -0.961. The second kappa shape index (κ2) is 7.00. The minimum Gasteiger partial charge on any atom is -0.368 e. The van der Waals surface area contributed by atoms with Gasteiger partial charge in [0.1, 0.15) is 6.04 Å². The van der Waals surface area contributed by atoms with Crippen molar-refractivity contribution in [1.29, 1.82) is 5.26 Å². The number of nitriles is 1. The van der Waals surface area contributed by atoms with Gasteiger partial charge in [-0.2, -0.15) is 5.26 Å². The average molecular weight is 251 g/mol. The Morgan fingerprint density at radius 2 is 2.00 bits per heavy atom. The second-order valence-corrected chi connectivity index (χ2v) is 5.06. The number of nitrogens with zero attached hydrogens (tertiary/aromatic N) is 1. The van der Waals surface area contributed by atoms with Crippen molar-refractivity contribution in [2.45, 2.75) is 51.5 Å². The van der Waals surface area contributed by atoms with E-state index < -0.39 is 11.9 Å². The largest absolute Gasteiger partial charge is 0.368 e. The number of primary amides is 1. The van der Waals surface area contributed by atoms with Gasteiger partial charge >= 0.3 is 0 Å². The van der Waals surface area contributed by atoms with Crippen molar-refractivity contribution in [2.75, 3.05) is 0 Å². The summed E-state index contributed by atoms with van der Waals surface area (Å²) in [6, 6.07) is 1.32. The first-order valence-corrected chi connectivity index (χ1v) is 6.54. The summed E-state index contributed by atoms with van der Waals surface area (Å²) in [6.07, 6.45) is 5.34. The van der Waals surface area contributed by atoms with Crippen LogP contribution in [-0.2, 0) is 9.59 Å². The van der Waals surface area contributed by atoms with E-state index in [1.165, 1.54) is 6.42 Å². The fourth-order valence-corrected chi connectivity index (χ4v) is 2.31. The summed E-state index contributed by atoms with van der Waals surface area (Å²) in [4.78, 5) is 23.2. The van der Waals surface area contributed by atoms with E-state index in [9.17, 15) is 9.59 Å². The molecular weight excluding hydrogens is 230 g/mol. The molecule has 100 valence electrons. The van der Waals surface area contributed by atoms with Crippen LogP contribution in [0.1, 0.15) is 45.4 Å². The highest BCUT2D eigenvalue weighted by molar-refractivity contribution is 5.87. The normalized spacial score (nSPS) is 19.6. The lowest BCUT2D eigenvalue weighted by Gasteiger charge is -2.24. The topological polar surface area (TPSA) is 96.0 Å². The van der Waals surface area contributed by atoms with Gasteiger partial charge in [0.2, 0.25) is 11.8 Å². The van der Waals surface area contributed by atoms with Crippen molar-refractivity contribution in [2.24, 2.45) is 17.6 Å². The van der Waals surface area contributed by atoms with Crippen LogP contribution in [0.5, 0.6) is 0 Å². The maximum atomic E-state index is 12.0. The molecule has 5 nitrogen and oxygen atoms in total. The van der Waals surface area contributed by atoms with E-state index in [4.69, 9.17) is 11.0 Å². The summed E-state index contributed by atoms with van der Waals surface area (Å²) in [5.41, 5.74) is 5.25. The van der Waals surface area contributed by atoms with Gasteiger partial charge in [-0.05, 0) is 26.2 Å². The van der Waals surface area contributed by atoms with Crippen LogP contribution >= 0.6 is 0 Å². The molecule has 1 rings (SSSR count). The highest BCUT2D eigenvalue weighted by Crippen LogP contribution is 2.23. The van der Waals surface area contributed by atoms with Crippen LogP contribution in [0.4, 0.5) is 0 Å². The standard InChI is InChI=1S/C13H21N3O2/c1-9(8-14)7-11(12(15)17)16-13(18)10-5-3-2-4-6-10/h9-11H,2-7H2,1H3,(H2,15,17)(H,16,18)/t9-,11+/m1/s1. The van der Waals surface area contributed by atoms with E-state index in [1.807, 2.05) is 6.07 Å². The molecule has 0 spiro atoms. The highest BCUT2D eigenvalue weighted by Gasteiger charge is 2.26. The maximum Gasteiger partial charge on any atom is 0.240 e. The Balaban J connectivity index is 2.52. The Kier molecular flexibility index (Phi) is 5.63. The van der Waals surface area contributed by atoms with E-state index in [0.29, 0.717) is 0 Å². The number of hydrogen-bond donors (Lipinski definition) is 2. The number of amides is 2. The lowest BCUT2D eigenvalue weighted by Crippen LogP contribution is -2.47. The number of carbonyl (C=O) groups excluding carboxylic acids is 2. The van der Waals surface area contributed by atoms with Gasteiger partial charge in [0.15, 0.2) is 0 Å². The zero-order chi connectivity index (χ0) is 13.5. The van der Waals surface area contributed by atoms with Gasteiger partial charge in [-0.1, -0.05) is 19.3 Å². The van der Waals surface area contributed by atoms with Gasteiger partial charge in [-0.15, -0.1) is 0 Å². The number of hydrogen-bond acceptors (Lipinski definition) is 3. The van der Waals surface area contributed by atoms with E-state index in [0.717, 1.165) is 25.7 Å². The van der Waals surface area contributed by atoms with Gasteiger partial charge in [0, 0.05) is 11.8 Å². The molecule has 1 saturated carbocycles. The van der Waals surface area contributed by atoms with Gasteiger partial charge < -0.3 is 11.1 Å². The first-order chi connectivity index (χ1) is 8.54. The van der Waals surface area contributed by atoms with E-state index in [-0.39, 0.29) is 24.2 Å². The molecule has 0 bridgehead atoms. The summed E-state index contributed by atoms with van der Waals surface area (Å²) < 4.78 is 0. The smallest absolute Gasteiger partial charge is 0.240 e. The molecule has 0 aromatic carbocycles. The number of nitrogens with one attached hydrogen (secondary N) is 1. The van der Waals surface area contributed by atoms with Gasteiger partial charge in [0.05, 0.1) is 6.07 Å². The first kappa shape index (κ1) is 14.5. The van der Waals surface area contributed by atoms with Crippen LogP contribution in [0.25, 0.3) is 0 Å². The van der Waals surface area contributed by atoms with Gasteiger partial charge in [-0.25, -0.2) is 0 Å². The number of rotatable bonds is 5. The molecule has 1 aliphatic rings. The minimum absolute atomic E-state index is 0.00186. The molecule has 2 atom stereocenters. The maximum absolute atomic E-state index is 12.0. The molecule has 0 radical (unpaired) electrons. The predicted molar refractivity (Wildman–Crippen MR) is 67.1 cm³/mol. The molecule has 1 fully saturated rings. The van der Waals surface area contributed by atoms with Crippen molar-refractivity contribution in [3.05, 3.63) is 0 Å². The lowest BCUT2D eigenvalue weighted by atomic mass is 9.88. The molecular formula is C13H21N3O2. The summed E-state index contributed by atoms with van der Waals surface area (Å²) in [6.45, 7) is 1.71. The van der Waals surface area contributed by atoms with E-state index in [1.54, 1.807) is 6.92 Å². The van der Waals surface area contributed by atoms with Crippen LogP contribution in [0.3, 0.4) is 0 Å². The molecule has 0 unspecified atom stereocenters. The third-order valence-corrected chi connectivity index (χ3v) is 3.45. The zero-order valence-electron chi connectivity index (χ0n) is 10.8. The summed E-state index contributed by atoms with van der Waals surface area (Å²) in [7, 11) is 0. The van der Waals surface area contributed by atoms with Crippen LogP contribution in [0.15, 0.2) is 0 Å². The van der Waals surface area contributed by atoms with Crippen molar-refractivity contribution >= 4 is 11.8 Å². The number of nitrogens with two attached hydrogens (primary N) is 1. The third-order valence-electron chi connectivity index (χ3n) is 3.45. The Morgan fingerprint density at radius 3 is 2.50 bits per heavy atom. The molecule has 0 aromatic heterocycles. The zero-order valence-corrected chi connectivity index (χ0v) is 10.8. The van der Waals surface area contributed by atoms with Crippen LogP contribution in [-0.4, -0.2) is 17.9 Å². The third kappa shape index (κ3) is 4.36. The van der Waals surface area contributed by atoms with Gasteiger partial charge in [0.25, 0.3) is 0 Å². The molecule has 0 aromatic rings. The SMILES string of the molecule is C[C@@H](C#N)C[C@H](NC(=O)C1CCCCC1)C(N)=O. The number of carbonyl (C=O) groups is 2. The molecule has 2 amide bonds. The summed E-state index contributed by atoms with van der Waals surface area (Å²) >= 11 is 0. The Morgan fingerprint density at radius 1 is 1.39 bits per heavy atom. The Bertz CT molecular complexity index is 343. The van der Waals surface area contributed by atoms with Gasteiger partial charge in [-0.3, -0.25) is 9.59 Å². The molecule has 3 N–H and O–H groups in total. The van der Waals surface area contributed by atoms with Crippen molar-refractivity contribution < 1.29 is 9.59 Å². The predicted octanol–water partition coefficient (Wildman–Crippen LogP) is 1.09. The quantitative estimate of drug-likeness (QED) is 0.765. The minimum atomic E-state index is -0.728. The van der Waals surface area contributed by atoms with Crippen LogP contribution < -0.4 is 11.1 Å². The summed E-state index contributed by atoms with van der Waals surface area (Å²) in [5, 5.41) is 11.4. The van der Waals surface area contributed by atoms with Crippen LogP contribution in [0, 0.1) is 23.2 Å². The highest BCUT2D eigenvalue weighted by atomic mass is 16.2. The second-order valence-electron chi connectivity index (χ2n) is 5.06. The fourth-order valence-electron chi connectivity index (χ4n) is 2.31. The molecule has 0 heterocycles. The Labute approximate surface area is 108 Å². The average Bonchev–Trinajstić information content (AvgIpc) is 2.38. The van der Waals surface area contributed by atoms with Crippen molar-refractivity contribution in [3.8, 4) is 6.07 Å². The molecule has 0 saturated heterocycles. The first-order valence-electron chi connectivity index (χ1n) is 6.54. The lowest BCUT2D eigenvalue weighted by molar-refractivity contribution is -0.130. The Hall–Kier alpha value is -1.57. The van der Waals surface area contributed by atoms with E-state index in [2.05, 4.69) is 5.32 Å². The van der Waals surface area contributed by atoms with Crippen LogP contribution in [0.2, 0.25) is 0 Å². The van der Waals surface area contributed by atoms with Crippen molar-refractivity contribution in [1.82, 2.24) is 5.32 Å². The van der Waals surface area contributed by atoms with Crippen molar-refractivity contribution in [3.63, 3.8) is 0 Å².